The lowest BCUT2D eigenvalue weighted by Crippen LogP contribution is -2.37. The van der Waals surface area contributed by atoms with E-state index in [-0.39, 0.29) is 11.9 Å². The molecule has 1 saturated heterocycles. The minimum Gasteiger partial charge on any atom is -0.310 e. The SMILES string of the molecule is CCNC(c1ccccc1F)C(C)CN1CC(C)CC1C. The number of hydrogen-bond acceptors (Lipinski definition) is 2. The van der Waals surface area contributed by atoms with Gasteiger partial charge in [0, 0.05) is 30.7 Å². The van der Waals surface area contributed by atoms with E-state index in [1.54, 1.807) is 12.1 Å². The zero-order chi connectivity index (χ0) is 15.4. The molecule has 1 heterocycles. The molecule has 1 aromatic rings. The van der Waals surface area contributed by atoms with Gasteiger partial charge in [0.2, 0.25) is 0 Å². The Bertz CT molecular complexity index is 449. The van der Waals surface area contributed by atoms with Gasteiger partial charge in [0.1, 0.15) is 5.82 Å². The molecular weight excluding hydrogens is 263 g/mol. The standard InChI is InChI=1S/C18H29FN2/c1-5-20-18(16-8-6-7-9-17(16)19)14(3)12-21-11-13(2)10-15(21)4/h6-9,13-15,18,20H,5,10-12H2,1-4H3. The van der Waals surface area contributed by atoms with Crippen LogP contribution in [0.5, 0.6) is 0 Å². The van der Waals surface area contributed by atoms with Gasteiger partial charge < -0.3 is 10.2 Å². The third kappa shape index (κ3) is 4.04. The first-order valence-electron chi connectivity index (χ1n) is 8.24. The molecule has 0 aliphatic carbocycles. The van der Waals surface area contributed by atoms with Gasteiger partial charge in [0.05, 0.1) is 0 Å². The first-order valence-corrected chi connectivity index (χ1v) is 8.24. The fourth-order valence-corrected chi connectivity index (χ4v) is 3.68. The summed E-state index contributed by atoms with van der Waals surface area (Å²) in [5.74, 6) is 1.06. The average molecular weight is 292 g/mol. The molecule has 1 fully saturated rings. The lowest BCUT2D eigenvalue weighted by atomic mass is 9.93. The van der Waals surface area contributed by atoms with Gasteiger partial charge in [0.25, 0.3) is 0 Å². The van der Waals surface area contributed by atoms with Gasteiger partial charge in [-0.2, -0.15) is 0 Å². The number of likely N-dealkylation sites (tertiary alicyclic amines) is 1. The molecule has 1 N–H and O–H groups in total. The summed E-state index contributed by atoms with van der Waals surface area (Å²) < 4.78 is 14.1. The van der Waals surface area contributed by atoms with Crippen molar-refractivity contribution in [2.24, 2.45) is 11.8 Å². The van der Waals surface area contributed by atoms with Crippen molar-refractivity contribution in [2.75, 3.05) is 19.6 Å². The zero-order valence-corrected chi connectivity index (χ0v) is 13.8. The predicted octanol–water partition coefficient (Wildman–Crippen LogP) is 3.84. The van der Waals surface area contributed by atoms with Crippen molar-refractivity contribution >= 4 is 0 Å². The van der Waals surface area contributed by atoms with E-state index >= 15 is 0 Å². The van der Waals surface area contributed by atoms with Crippen LogP contribution in [0.1, 0.15) is 45.7 Å². The van der Waals surface area contributed by atoms with E-state index in [4.69, 9.17) is 0 Å². The quantitative estimate of drug-likeness (QED) is 0.857. The Morgan fingerprint density at radius 2 is 2.05 bits per heavy atom. The molecule has 0 radical (unpaired) electrons. The summed E-state index contributed by atoms with van der Waals surface area (Å²) in [6, 6.07) is 7.89. The van der Waals surface area contributed by atoms with Crippen molar-refractivity contribution in [2.45, 2.75) is 46.2 Å². The number of nitrogens with zero attached hydrogens (tertiary/aromatic N) is 1. The number of halogens is 1. The molecular formula is C18H29FN2. The Balaban J connectivity index is 2.09. The first-order chi connectivity index (χ1) is 10.0. The van der Waals surface area contributed by atoms with Crippen molar-refractivity contribution in [3.8, 4) is 0 Å². The maximum atomic E-state index is 14.1. The van der Waals surface area contributed by atoms with Crippen LogP contribution in [0.3, 0.4) is 0 Å². The highest BCUT2D eigenvalue weighted by Gasteiger charge is 2.30. The third-order valence-electron chi connectivity index (χ3n) is 4.67. The fourth-order valence-electron chi connectivity index (χ4n) is 3.68. The maximum absolute atomic E-state index is 14.1. The van der Waals surface area contributed by atoms with Crippen molar-refractivity contribution in [3.05, 3.63) is 35.6 Å². The van der Waals surface area contributed by atoms with E-state index in [0.29, 0.717) is 12.0 Å². The van der Waals surface area contributed by atoms with E-state index in [1.165, 1.54) is 13.0 Å². The minimum atomic E-state index is -0.0989. The van der Waals surface area contributed by atoms with Gasteiger partial charge in [-0.15, -0.1) is 0 Å². The molecule has 4 atom stereocenters. The number of benzene rings is 1. The van der Waals surface area contributed by atoms with Crippen LogP contribution >= 0.6 is 0 Å². The molecule has 0 saturated carbocycles. The molecule has 0 amide bonds. The average Bonchev–Trinajstić information content (AvgIpc) is 2.75. The highest BCUT2D eigenvalue weighted by atomic mass is 19.1. The lowest BCUT2D eigenvalue weighted by molar-refractivity contribution is 0.202. The molecule has 1 aromatic carbocycles. The summed E-state index contributed by atoms with van der Waals surface area (Å²) in [6.07, 6.45) is 1.28. The second-order valence-corrected chi connectivity index (χ2v) is 6.68. The highest BCUT2D eigenvalue weighted by Crippen LogP contribution is 2.29. The second-order valence-electron chi connectivity index (χ2n) is 6.68. The normalized spacial score (nSPS) is 26.0. The third-order valence-corrected chi connectivity index (χ3v) is 4.67. The topological polar surface area (TPSA) is 15.3 Å². The van der Waals surface area contributed by atoms with Crippen LogP contribution in [0.2, 0.25) is 0 Å². The summed E-state index contributed by atoms with van der Waals surface area (Å²) in [6.45, 7) is 12.0. The van der Waals surface area contributed by atoms with Crippen LogP contribution in [0, 0.1) is 17.7 Å². The van der Waals surface area contributed by atoms with Crippen LogP contribution < -0.4 is 5.32 Å². The Kier molecular flexibility index (Phi) is 5.77. The van der Waals surface area contributed by atoms with Gasteiger partial charge in [-0.05, 0) is 37.8 Å². The first kappa shape index (κ1) is 16.4. The van der Waals surface area contributed by atoms with Crippen molar-refractivity contribution in [1.82, 2.24) is 10.2 Å². The van der Waals surface area contributed by atoms with Crippen LogP contribution in [0.15, 0.2) is 24.3 Å². The molecule has 21 heavy (non-hydrogen) atoms. The van der Waals surface area contributed by atoms with Crippen molar-refractivity contribution < 1.29 is 4.39 Å². The van der Waals surface area contributed by atoms with E-state index in [9.17, 15) is 4.39 Å². The number of nitrogens with one attached hydrogen (secondary N) is 1. The fraction of sp³-hybridized carbons (Fsp3) is 0.667. The van der Waals surface area contributed by atoms with Gasteiger partial charge in [-0.1, -0.05) is 39.0 Å². The van der Waals surface area contributed by atoms with Crippen molar-refractivity contribution in [3.63, 3.8) is 0 Å². The lowest BCUT2D eigenvalue weighted by Gasteiger charge is -2.31. The molecule has 1 aliphatic rings. The molecule has 1 aliphatic heterocycles. The molecule has 0 bridgehead atoms. The zero-order valence-electron chi connectivity index (χ0n) is 13.8. The molecule has 118 valence electrons. The summed E-state index contributed by atoms with van der Waals surface area (Å²) in [7, 11) is 0. The van der Waals surface area contributed by atoms with Crippen molar-refractivity contribution in [1.29, 1.82) is 0 Å². The van der Waals surface area contributed by atoms with E-state index in [0.717, 1.165) is 24.6 Å². The molecule has 3 heteroatoms. The summed E-state index contributed by atoms with van der Waals surface area (Å²) >= 11 is 0. The van der Waals surface area contributed by atoms with Crippen LogP contribution in [-0.4, -0.2) is 30.6 Å². The maximum Gasteiger partial charge on any atom is 0.127 e. The monoisotopic (exact) mass is 292 g/mol. The van der Waals surface area contributed by atoms with Crippen LogP contribution in [0.4, 0.5) is 4.39 Å². The van der Waals surface area contributed by atoms with E-state index in [1.807, 2.05) is 12.1 Å². The Morgan fingerprint density at radius 3 is 2.62 bits per heavy atom. The molecule has 2 nitrogen and oxygen atoms in total. The Hall–Kier alpha value is -0.930. The van der Waals surface area contributed by atoms with E-state index < -0.39 is 0 Å². The van der Waals surface area contributed by atoms with Crippen LogP contribution in [0.25, 0.3) is 0 Å². The highest BCUT2D eigenvalue weighted by molar-refractivity contribution is 5.22. The largest absolute Gasteiger partial charge is 0.310 e. The molecule has 0 aromatic heterocycles. The molecule has 0 spiro atoms. The molecule has 2 rings (SSSR count). The number of hydrogen-bond donors (Lipinski definition) is 1. The van der Waals surface area contributed by atoms with Gasteiger partial charge in [-0.3, -0.25) is 0 Å². The van der Waals surface area contributed by atoms with Crippen LogP contribution in [-0.2, 0) is 0 Å². The van der Waals surface area contributed by atoms with Gasteiger partial charge in [0.15, 0.2) is 0 Å². The van der Waals surface area contributed by atoms with Gasteiger partial charge >= 0.3 is 0 Å². The summed E-state index contributed by atoms with van der Waals surface area (Å²) in [5.41, 5.74) is 0.798. The Labute approximate surface area is 128 Å². The number of rotatable bonds is 6. The second kappa shape index (κ2) is 7.37. The summed E-state index contributed by atoms with van der Waals surface area (Å²) in [4.78, 5) is 2.56. The minimum absolute atomic E-state index is 0.0827. The van der Waals surface area contributed by atoms with E-state index in [2.05, 4.69) is 37.9 Å². The predicted molar refractivity (Wildman–Crippen MR) is 86.8 cm³/mol. The van der Waals surface area contributed by atoms with Gasteiger partial charge in [-0.25, -0.2) is 4.39 Å². The molecule has 4 unspecified atom stereocenters. The summed E-state index contributed by atoms with van der Waals surface area (Å²) in [5, 5.41) is 3.47. The smallest absolute Gasteiger partial charge is 0.127 e. The Morgan fingerprint density at radius 1 is 1.33 bits per heavy atom.